The molecule has 2 fully saturated rings. The van der Waals surface area contributed by atoms with Crippen molar-refractivity contribution < 1.29 is 9.47 Å². The molecule has 2 heterocycles. The Morgan fingerprint density at radius 2 is 2.19 bits per heavy atom. The van der Waals surface area contributed by atoms with E-state index >= 15 is 0 Å². The van der Waals surface area contributed by atoms with Crippen molar-refractivity contribution in [2.45, 2.75) is 12.6 Å². The molecule has 0 aliphatic carbocycles. The molecule has 0 radical (unpaired) electrons. The minimum Gasteiger partial charge on any atom is -0.497 e. The van der Waals surface area contributed by atoms with Crippen molar-refractivity contribution >= 4 is 0 Å². The van der Waals surface area contributed by atoms with Crippen LogP contribution in [0.2, 0.25) is 0 Å². The summed E-state index contributed by atoms with van der Waals surface area (Å²) in [6.07, 6.45) is 0.431. The summed E-state index contributed by atoms with van der Waals surface area (Å²) < 4.78 is 11.3. The quantitative estimate of drug-likeness (QED) is 0.824. The number of hydrogen-bond donors (Lipinski definition) is 0. The van der Waals surface area contributed by atoms with Crippen LogP contribution < -0.4 is 4.74 Å². The van der Waals surface area contributed by atoms with Crippen LogP contribution in [0.4, 0.5) is 0 Å². The zero-order valence-corrected chi connectivity index (χ0v) is 13.3. The predicted octanol–water partition coefficient (Wildman–Crippen LogP) is 1.70. The number of methoxy groups -OCH3 is 1. The second kappa shape index (κ2) is 6.34. The predicted molar refractivity (Wildman–Crippen MR) is 83.5 cm³/mol. The van der Waals surface area contributed by atoms with E-state index in [-0.39, 0.29) is 0 Å². The molecule has 3 atom stereocenters. The molecule has 116 valence electrons. The third-order valence-corrected chi connectivity index (χ3v) is 4.65. The van der Waals surface area contributed by atoms with E-state index in [1.54, 1.807) is 7.11 Å². The van der Waals surface area contributed by atoms with Crippen LogP contribution in [0.5, 0.6) is 5.75 Å². The lowest BCUT2D eigenvalue weighted by Gasteiger charge is -2.22. The van der Waals surface area contributed by atoms with Crippen molar-refractivity contribution in [3.63, 3.8) is 0 Å². The maximum Gasteiger partial charge on any atom is 0.119 e. The van der Waals surface area contributed by atoms with Crippen molar-refractivity contribution in [1.82, 2.24) is 9.80 Å². The summed E-state index contributed by atoms with van der Waals surface area (Å²) in [5.74, 6) is 2.31. The second-order valence-electron chi connectivity index (χ2n) is 6.60. The van der Waals surface area contributed by atoms with E-state index in [9.17, 15) is 0 Å². The normalized spacial score (nSPS) is 29.0. The number of hydrogen-bond acceptors (Lipinski definition) is 4. The van der Waals surface area contributed by atoms with Gasteiger partial charge < -0.3 is 14.4 Å². The van der Waals surface area contributed by atoms with Gasteiger partial charge in [0.25, 0.3) is 0 Å². The molecule has 1 aromatic rings. The van der Waals surface area contributed by atoms with Gasteiger partial charge in [0.2, 0.25) is 0 Å². The van der Waals surface area contributed by atoms with Crippen molar-refractivity contribution in [3.8, 4) is 5.75 Å². The molecule has 2 aliphatic rings. The molecule has 0 unspecified atom stereocenters. The fourth-order valence-corrected chi connectivity index (χ4v) is 3.70. The molecule has 4 heteroatoms. The Hall–Kier alpha value is -1.10. The van der Waals surface area contributed by atoms with E-state index in [4.69, 9.17) is 9.47 Å². The van der Waals surface area contributed by atoms with Crippen molar-refractivity contribution in [1.29, 1.82) is 0 Å². The van der Waals surface area contributed by atoms with Crippen LogP contribution in [-0.2, 0) is 11.3 Å². The molecular weight excluding hydrogens is 264 g/mol. The van der Waals surface area contributed by atoms with Gasteiger partial charge in [-0.1, -0.05) is 12.1 Å². The highest BCUT2D eigenvalue weighted by Gasteiger charge is 2.43. The highest BCUT2D eigenvalue weighted by atomic mass is 16.5. The summed E-state index contributed by atoms with van der Waals surface area (Å²) >= 11 is 0. The molecule has 0 amide bonds. The van der Waals surface area contributed by atoms with Crippen LogP contribution in [0.15, 0.2) is 24.3 Å². The lowest BCUT2D eigenvalue weighted by atomic mass is 9.93. The largest absolute Gasteiger partial charge is 0.497 e. The summed E-state index contributed by atoms with van der Waals surface area (Å²) in [6.45, 7) is 5.27. The Morgan fingerprint density at radius 1 is 1.33 bits per heavy atom. The standard InChI is InChI=1S/C17H26N2O2/c1-18(2)9-14-12-21-17-11-19(10-16(14)17)8-13-5-4-6-15(7-13)20-3/h4-7,14,16-17H,8-12H2,1-3H3/t14-,16+,17+/m1/s1. The summed E-state index contributed by atoms with van der Waals surface area (Å²) in [5.41, 5.74) is 1.32. The highest BCUT2D eigenvalue weighted by molar-refractivity contribution is 5.28. The van der Waals surface area contributed by atoms with E-state index in [1.165, 1.54) is 5.56 Å². The molecule has 0 saturated carbocycles. The maximum absolute atomic E-state index is 6.01. The Kier molecular flexibility index (Phi) is 4.48. The summed E-state index contributed by atoms with van der Waals surface area (Å²) in [5, 5.41) is 0. The summed E-state index contributed by atoms with van der Waals surface area (Å²) in [6, 6.07) is 8.37. The average molecular weight is 290 g/mol. The number of nitrogens with zero attached hydrogens (tertiary/aromatic N) is 2. The zero-order chi connectivity index (χ0) is 14.8. The molecule has 0 spiro atoms. The number of benzene rings is 1. The lowest BCUT2D eigenvalue weighted by Crippen LogP contribution is -2.30. The van der Waals surface area contributed by atoms with Crippen molar-refractivity contribution in [2.24, 2.45) is 11.8 Å². The Morgan fingerprint density at radius 3 is 2.95 bits per heavy atom. The first-order chi connectivity index (χ1) is 10.2. The van der Waals surface area contributed by atoms with Gasteiger partial charge >= 0.3 is 0 Å². The Labute approximate surface area is 127 Å². The smallest absolute Gasteiger partial charge is 0.119 e. The average Bonchev–Trinajstić information content (AvgIpc) is 3.00. The van der Waals surface area contributed by atoms with E-state index in [1.807, 2.05) is 6.07 Å². The SMILES string of the molecule is COc1cccc(CN2C[C@H]3[C@H](CN(C)C)CO[C@H]3C2)c1. The minimum atomic E-state index is 0.431. The fourth-order valence-electron chi connectivity index (χ4n) is 3.70. The molecule has 21 heavy (non-hydrogen) atoms. The number of fused-ring (bicyclic) bond motifs is 1. The van der Waals surface area contributed by atoms with Gasteiger partial charge in [-0.3, -0.25) is 4.90 Å². The second-order valence-corrected chi connectivity index (χ2v) is 6.60. The van der Waals surface area contributed by atoms with Crippen LogP contribution in [0.25, 0.3) is 0 Å². The summed E-state index contributed by atoms with van der Waals surface area (Å²) in [4.78, 5) is 4.80. The van der Waals surface area contributed by atoms with Gasteiger partial charge in [0.05, 0.1) is 19.8 Å². The van der Waals surface area contributed by atoms with Gasteiger partial charge in [-0.15, -0.1) is 0 Å². The third kappa shape index (κ3) is 3.39. The molecule has 0 bridgehead atoms. The molecule has 0 aromatic heterocycles. The van der Waals surface area contributed by atoms with Gasteiger partial charge in [0, 0.05) is 38.0 Å². The minimum absolute atomic E-state index is 0.431. The van der Waals surface area contributed by atoms with Crippen LogP contribution >= 0.6 is 0 Å². The van der Waals surface area contributed by atoms with E-state index in [0.29, 0.717) is 17.9 Å². The number of likely N-dealkylation sites (tertiary alicyclic amines) is 1. The molecular formula is C17H26N2O2. The van der Waals surface area contributed by atoms with Crippen LogP contribution in [0, 0.1) is 11.8 Å². The summed E-state index contributed by atoms with van der Waals surface area (Å²) in [7, 11) is 6.02. The highest BCUT2D eigenvalue weighted by Crippen LogP contribution is 2.34. The lowest BCUT2D eigenvalue weighted by molar-refractivity contribution is 0.0921. The molecule has 1 aromatic carbocycles. The van der Waals surface area contributed by atoms with Crippen LogP contribution in [0.1, 0.15) is 5.56 Å². The number of rotatable bonds is 5. The van der Waals surface area contributed by atoms with Gasteiger partial charge in [-0.25, -0.2) is 0 Å². The first-order valence-corrected chi connectivity index (χ1v) is 7.77. The number of ether oxygens (including phenoxy) is 2. The topological polar surface area (TPSA) is 24.9 Å². The van der Waals surface area contributed by atoms with Crippen molar-refractivity contribution in [2.75, 3.05) is 47.4 Å². The third-order valence-electron chi connectivity index (χ3n) is 4.65. The maximum atomic E-state index is 6.01. The van der Waals surface area contributed by atoms with Crippen molar-refractivity contribution in [3.05, 3.63) is 29.8 Å². The Balaban J connectivity index is 1.59. The van der Waals surface area contributed by atoms with E-state index < -0.39 is 0 Å². The van der Waals surface area contributed by atoms with Gasteiger partial charge in [-0.2, -0.15) is 0 Å². The van der Waals surface area contributed by atoms with E-state index in [0.717, 1.165) is 38.5 Å². The van der Waals surface area contributed by atoms with Gasteiger partial charge in [0.15, 0.2) is 0 Å². The zero-order valence-electron chi connectivity index (χ0n) is 13.3. The molecule has 2 aliphatic heterocycles. The first kappa shape index (κ1) is 14.8. The Bertz CT molecular complexity index is 478. The van der Waals surface area contributed by atoms with Crippen LogP contribution in [-0.4, -0.2) is 63.4 Å². The molecule has 4 nitrogen and oxygen atoms in total. The van der Waals surface area contributed by atoms with Gasteiger partial charge in [0.1, 0.15) is 5.75 Å². The first-order valence-electron chi connectivity index (χ1n) is 7.77. The molecule has 3 rings (SSSR count). The van der Waals surface area contributed by atoms with E-state index in [2.05, 4.69) is 42.1 Å². The fraction of sp³-hybridized carbons (Fsp3) is 0.647. The van der Waals surface area contributed by atoms with Crippen LogP contribution in [0.3, 0.4) is 0 Å². The van der Waals surface area contributed by atoms with Gasteiger partial charge in [-0.05, 0) is 31.8 Å². The monoisotopic (exact) mass is 290 g/mol. The molecule has 2 saturated heterocycles. The molecule has 0 N–H and O–H groups in total.